The van der Waals surface area contributed by atoms with Crippen LogP contribution in [0.15, 0.2) is 6.20 Å². The Balaban J connectivity index is 1.52. The average molecular weight is 259 g/mol. The first-order valence-corrected chi connectivity index (χ1v) is 6.44. The first-order chi connectivity index (χ1) is 8.34. The van der Waals surface area contributed by atoms with Gasteiger partial charge in [0.05, 0.1) is 18.3 Å². The molecule has 0 aliphatic carbocycles. The first kappa shape index (κ1) is 12.7. The van der Waals surface area contributed by atoms with Crippen molar-refractivity contribution < 1.29 is 14.6 Å². The van der Waals surface area contributed by atoms with Crippen LogP contribution in [0.2, 0.25) is 0 Å². The SMILES string of the molecule is OC(CNCC1CCOC1)COc1cnsn1. The second kappa shape index (κ2) is 6.85. The van der Waals surface area contributed by atoms with Gasteiger partial charge < -0.3 is 19.9 Å². The number of hydrogen-bond acceptors (Lipinski definition) is 7. The number of nitrogens with zero attached hydrogens (tertiary/aromatic N) is 2. The van der Waals surface area contributed by atoms with Crippen LogP contribution in [0.3, 0.4) is 0 Å². The summed E-state index contributed by atoms with van der Waals surface area (Å²) < 4.78 is 18.2. The Morgan fingerprint density at radius 3 is 3.35 bits per heavy atom. The minimum atomic E-state index is -0.529. The molecule has 17 heavy (non-hydrogen) atoms. The molecule has 1 aliphatic heterocycles. The van der Waals surface area contributed by atoms with Crippen LogP contribution >= 0.6 is 11.7 Å². The third-order valence-corrected chi connectivity index (χ3v) is 3.06. The van der Waals surface area contributed by atoms with E-state index in [0.29, 0.717) is 18.3 Å². The normalized spacial score (nSPS) is 21.6. The predicted molar refractivity (Wildman–Crippen MR) is 63.2 cm³/mol. The van der Waals surface area contributed by atoms with Gasteiger partial charge in [0.15, 0.2) is 0 Å². The molecule has 2 atom stereocenters. The van der Waals surface area contributed by atoms with E-state index in [1.807, 2.05) is 0 Å². The second-order valence-electron chi connectivity index (χ2n) is 4.10. The van der Waals surface area contributed by atoms with E-state index in [2.05, 4.69) is 14.1 Å². The van der Waals surface area contributed by atoms with Crippen molar-refractivity contribution in [2.24, 2.45) is 5.92 Å². The Labute approximate surface area is 104 Å². The Hall–Kier alpha value is -0.760. The van der Waals surface area contributed by atoms with E-state index in [4.69, 9.17) is 9.47 Å². The van der Waals surface area contributed by atoms with Gasteiger partial charge in [-0.25, -0.2) is 0 Å². The summed E-state index contributed by atoms with van der Waals surface area (Å²) in [5.41, 5.74) is 0. The fourth-order valence-corrected chi connectivity index (χ4v) is 2.02. The van der Waals surface area contributed by atoms with Gasteiger partial charge in [0.1, 0.15) is 18.9 Å². The van der Waals surface area contributed by atoms with Crippen molar-refractivity contribution >= 4 is 11.7 Å². The molecule has 0 saturated carbocycles. The maximum atomic E-state index is 9.66. The highest BCUT2D eigenvalue weighted by atomic mass is 32.1. The van der Waals surface area contributed by atoms with Crippen LogP contribution in [-0.4, -0.2) is 52.9 Å². The summed E-state index contributed by atoms with van der Waals surface area (Å²) in [7, 11) is 0. The molecule has 0 radical (unpaired) electrons. The van der Waals surface area contributed by atoms with Gasteiger partial charge in [0.25, 0.3) is 0 Å². The molecular weight excluding hydrogens is 242 g/mol. The Morgan fingerprint density at radius 2 is 2.65 bits per heavy atom. The molecule has 1 aliphatic rings. The molecule has 2 N–H and O–H groups in total. The first-order valence-electron chi connectivity index (χ1n) is 5.71. The number of rotatable bonds is 7. The molecule has 0 bridgehead atoms. The van der Waals surface area contributed by atoms with Crippen molar-refractivity contribution in [3.63, 3.8) is 0 Å². The molecule has 7 heteroatoms. The van der Waals surface area contributed by atoms with Gasteiger partial charge in [-0.05, 0) is 12.3 Å². The van der Waals surface area contributed by atoms with Gasteiger partial charge in [-0.1, -0.05) is 0 Å². The van der Waals surface area contributed by atoms with Crippen LogP contribution in [0.1, 0.15) is 6.42 Å². The number of nitrogens with one attached hydrogen (secondary N) is 1. The van der Waals surface area contributed by atoms with Crippen LogP contribution in [0, 0.1) is 5.92 Å². The zero-order valence-corrected chi connectivity index (χ0v) is 10.4. The van der Waals surface area contributed by atoms with E-state index < -0.39 is 6.10 Å². The number of hydrogen-bond donors (Lipinski definition) is 2. The fraction of sp³-hybridized carbons (Fsp3) is 0.800. The highest BCUT2D eigenvalue weighted by Crippen LogP contribution is 2.10. The topological polar surface area (TPSA) is 76.5 Å². The number of aromatic nitrogens is 2. The van der Waals surface area contributed by atoms with Crippen LogP contribution in [0.4, 0.5) is 0 Å². The lowest BCUT2D eigenvalue weighted by molar-refractivity contribution is 0.103. The van der Waals surface area contributed by atoms with Gasteiger partial charge in [-0.15, -0.1) is 4.37 Å². The molecule has 2 rings (SSSR count). The van der Waals surface area contributed by atoms with Gasteiger partial charge in [-0.3, -0.25) is 0 Å². The third-order valence-electron chi connectivity index (χ3n) is 2.60. The Kier molecular flexibility index (Phi) is 5.11. The van der Waals surface area contributed by atoms with Crippen molar-refractivity contribution in [2.75, 3.05) is 32.9 Å². The summed E-state index contributed by atoms with van der Waals surface area (Å²) >= 11 is 1.09. The highest BCUT2D eigenvalue weighted by Gasteiger charge is 2.15. The number of ether oxygens (including phenoxy) is 2. The lowest BCUT2D eigenvalue weighted by atomic mass is 10.1. The maximum absolute atomic E-state index is 9.66. The van der Waals surface area contributed by atoms with Crippen molar-refractivity contribution in [1.82, 2.24) is 14.1 Å². The molecule has 2 unspecified atom stereocenters. The van der Waals surface area contributed by atoms with Crippen LogP contribution in [-0.2, 0) is 4.74 Å². The zero-order chi connectivity index (χ0) is 11.9. The molecule has 0 aromatic carbocycles. The number of aliphatic hydroxyl groups excluding tert-OH is 1. The van der Waals surface area contributed by atoms with Crippen molar-refractivity contribution in [3.8, 4) is 5.88 Å². The standard InChI is InChI=1S/C10H17N3O3S/c14-9(7-16-10-5-12-17-13-10)4-11-3-8-1-2-15-6-8/h5,8-9,11,14H,1-4,6-7H2. The lowest BCUT2D eigenvalue weighted by Crippen LogP contribution is -2.34. The fourth-order valence-electron chi connectivity index (χ4n) is 1.66. The van der Waals surface area contributed by atoms with E-state index in [0.717, 1.165) is 37.9 Å². The van der Waals surface area contributed by atoms with E-state index in [1.54, 1.807) is 6.20 Å². The van der Waals surface area contributed by atoms with Gasteiger partial charge >= 0.3 is 0 Å². The second-order valence-corrected chi connectivity index (χ2v) is 4.66. The molecule has 1 fully saturated rings. The smallest absolute Gasteiger partial charge is 0.245 e. The van der Waals surface area contributed by atoms with Crippen molar-refractivity contribution in [1.29, 1.82) is 0 Å². The molecule has 0 spiro atoms. The van der Waals surface area contributed by atoms with Crippen molar-refractivity contribution in [3.05, 3.63) is 6.20 Å². The van der Waals surface area contributed by atoms with Gasteiger partial charge in [-0.2, -0.15) is 4.37 Å². The molecule has 6 nitrogen and oxygen atoms in total. The highest BCUT2D eigenvalue weighted by molar-refractivity contribution is 6.99. The Bertz CT molecular complexity index is 304. The van der Waals surface area contributed by atoms with E-state index in [9.17, 15) is 5.11 Å². The minimum Gasteiger partial charge on any atom is -0.473 e. The van der Waals surface area contributed by atoms with Gasteiger partial charge in [0, 0.05) is 19.7 Å². The lowest BCUT2D eigenvalue weighted by Gasteiger charge is -2.13. The van der Waals surface area contributed by atoms with Crippen LogP contribution in [0.5, 0.6) is 5.88 Å². The molecule has 1 saturated heterocycles. The van der Waals surface area contributed by atoms with Crippen LogP contribution in [0.25, 0.3) is 0 Å². The molecular formula is C10H17N3O3S. The number of aliphatic hydroxyl groups is 1. The van der Waals surface area contributed by atoms with E-state index in [1.165, 1.54) is 0 Å². The summed E-state index contributed by atoms with van der Waals surface area (Å²) in [5, 5.41) is 12.9. The predicted octanol–water partition coefficient (Wildman–Crippen LogP) is -0.0961. The average Bonchev–Trinajstić information content (AvgIpc) is 2.99. The monoisotopic (exact) mass is 259 g/mol. The van der Waals surface area contributed by atoms with E-state index in [-0.39, 0.29) is 6.61 Å². The van der Waals surface area contributed by atoms with Crippen LogP contribution < -0.4 is 10.1 Å². The minimum absolute atomic E-state index is 0.236. The Morgan fingerprint density at radius 1 is 1.71 bits per heavy atom. The molecule has 1 aromatic heterocycles. The largest absolute Gasteiger partial charge is 0.473 e. The zero-order valence-electron chi connectivity index (χ0n) is 9.54. The molecule has 96 valence electrons. The molecule has 2 heterocycles. The summed E-state index contributed by atoms with van der Waals surface area (Å²) in [6, 6.07) is 0. The maximum Gasteiger partial charge on any atom is 0.245 e. The molecule has 0 amide bonds. The quantitative estimate of drug-likeness (QED) is 0.712. The molecule has 1 aromatic rings. The summed E-state index contributed by atoms with van der Waals surface area (Å²) in [5.74, 6) is 1.05. The van der Waals surface area contributed by atoms with Crippen molar-refractivity contribution in [2.45, 2.75) is 12.5 Å². The van der Waals surface area contributed by atoms with E-state index >= 15 is 0 Å². The summed E-state index contributed by atoms with van der Waals surface area (Å²) in [4.78, 5) is 0. The third kappa shape index (κ3) is 4.55. The van der Waals surface area contributed by atoms with Gasteiger partial charge in [0.2, 0.25) is 5.88 Å². The summed E-state index contributed by atoms with van der Waals surface area (Å²) in [6.45, 7) is 3.32. The summed E-state index contributed by atoms with van der Waals surface area (Å²) in [6.07, 6.45) is 2.11.